The highest BCUT2D eigenvalue weighted by Gasteiger charge is 2.45. The van der Waals surface area contributed by atoms with E-state index in [1.165, 1.54) is 31.4 Å². The Labute approximate surface area is 149 Å². The van der Waals surface area contributed by atoms with Crippen LogP contribution in [0.25, 0.3) is 0 Å². The Morgan fingerprint density at radius 1 is 1.31 bits per heavy atom. The van der Waals surface area contributed by atoms with Crippen molar-refractivity contribution in [2.24, 2.45) is 5.10 Å². The average Bonchev–Trinajstić information content (AvgIpc) is 2.97. The minimum atomic E-state index is -1.78. The summed E-state index contributed by atoms with van der Waals surface area (Å²) in [7, 11) is 1.52. The van der Waals surface area contributed by atoms with Gasteiger partial charge in [-0.1, -0.05) is 12.1 Å². The minimum absolute atomic E-state index is 0.0655. The molecule has 0 radical (unpaired) electrons. The number of nitro benzene ring substituents is 1. The van der Waals surface area contributed by atoms with Gasteiger partial charge in [-0.3, -0.25) is 14.9 Å². The third-order valence-electron chi connectivity index (χ3n) is 4.17. The van der Waals surface area contributed by atoms with E-state index >= 15 is 0 Å². The molecular weight excluding hydrogens is 338 g/mol. The van der Waals surface area contributed by atoms with Crippen molar-refractivity contribution in [3.8, 4) is 5.75 Å². The van der Waals surface area contributed by atoms with E-state index in [9.17, 15) is 20.0 Å². The number of hydrazone groups is 1. The van der Waals surface area contributed by atoms with Crippen LogP contribution in [0.15, 0.2) is 53.6 Å². The van der Waals surface area contributed by atoms with Gasteiger partial charge < -0.3 is 9.84 Å². The van der Waals surface area contributed by atoms with E-state index in [2.05, 4.69) is 5.10 Å². The van der Waals surface area contributed by atoms with Crippen molar-refractivity contribution < 1.29 is 19.6 Å². The molecule has 0 saturated heterocycles. The Balaban J connectivity index is 1.99. The Hall–Kier alpha value is -3.26. The molecule has 1 N–H and O–H groups in total. The quantitative estimate of drug-likeness (QED) is 0.670. The molecule has 0 aromatic heterocycles. The molecular formula is C18H17N3O5. The third-order valence-corrected chi connectivity index (χ3v) is 4.17. The number of ether oxygens (including phenoxy) is 1. The second-order valence-electron chi connectivity index (χ2n) is 5.98. The summed E-state index contributed by atoms with van der Waals surface area (Å²) < 4.78 is 5.07. The second kappa shape index (κ2) is 6.57. The fourth-order valence-corrected chi connectivity index (χ4v) is 2.88. The number of carbonyl (C=O) groups excluding carboxylic acids is 1. The lowest BCUT2D eigenvalue weighted by atomic mass is 9.96. The second-order valence-corrected chi connectivity index (χ2v) is 5.98. The van der Waals surface area contributed by atoms with Crippen LogP contribution in [0.2, 0.25) is 0 Å². The fraction of sp³-hybridized carbons (Fsp3) is 0.222. The fourth-order valence-electron chi connectivity index (χ4n) is 2.88. The molecule has 2 aromatic carbocycles. The first-order chi connectivity index (χ1) is 12.3. The van der Waals surface area contributed by atoms with Crippen LogP contribution in [0, 0.1) is 10.1 Å². The molecule has 0 saturated carbocycles. The van der Waals surface area contributed by atoms with Gasteiger partial charge in [-0.25, -0.2) is 0 Å². The van der Waals surface area contributed by atoms with Crippen LogP contribution in [0.5, 0.6) is 5.75 Å². The zero-order valence-corrected chi connectivity index (χ0v) is 14.2. The standard InChI is InChI=1S/C18H17N3O5/c1-12-11-18(23,14-4-3-5-15(10-14)21(24)25)20(19-12)17(22)13-6-8-16(26-2)9-7-13/h3-10,23H,11H2,1-2H3. The Morgan fingerprint density at radius 3 is 2.62 bits per heavy atom. The predicted octanol–water partition coefficient (Wildman–Crippen LogP) is 2.67. The molecule has 1 heterocycles. The number of non-ortho nitro benzene ring substituents is 1. The first-order valence-electron chi connectivity index (χ1n) is 7.85. The molecule has 134 valence electrons. The minimum Gasteiger partial charge on any atom is -0.497 e. The highest BCUT2D eigenvalue weighted by Crippen LogP contribution is 2.37. The van der Waals surface area contributed by atoms with Crippen molar-refractivity contribution >= 4 is 17.3 Å². The van der Waals surface area contributed by atoms with Crippen LogP contribution in [-0.2, 0) is 5.72 Å². The van der Waals surface area contributed by atoms with Crippen LogP contribution in [-0.4, -0.2) is 33.8 Å². The van der Waals surface area contributed by atoms with Gasteiger partial charge in [-0.2, -0.15) is 10.1 Å². The lowest BCUT2D eigenvalue weighted by Gasteiger charge is -2.31. The molecule has 1 unspecified atom stereocenters. The van der Waals surface area contributed by atoms with Crippen LogP contribution in [0.4, 0.5) is 5.69 Å². The zero-order valence-electron chi connectivity index (χ0n) is 14.2. The summed E-state index contributed by atoms with van der Waals surface area (Å²) >= 11 is 0. The maximum Gasteiger partial charge on any atom is 0.276 e. The van der Waals surface area contributed by atoms with E-state index in [1.807, 2.05) is 0 Å². The number of aliphatic hydroxyl groups is 1. The number of methoxy groups -OCH3 is 1. The van der Waals surface area contributed by atoms with Crippen LogP contribution >= 0.6 is 0 Å². The van der Waals surface area contributed by atoms with E-state index in [4.69, 9.17) is 4.74 Å². The first kappa shape index (κ1) is 17.6. The smallest absolute Gasteiger partial charge is 0.276 e. The lowest BCUT2D eigenvalue weighted by molar-refractivity contribution is -0.385. The molecule has 1 amide bonds. The number of hydrogen-bond donors (Lipinski definition) is 1. The van der Waals surface area contributed by atoms with E-state index < -0.39 is 16.6 Å². The molecule has 8 nitrogen and oxygen atoms in total. The summed E-state index contributed by atoms with van der Waals surface area (Å²) in [6.45, 7) is 1.68. The Bertz CT molecular complexity index is 894. The van der Waals surface area contributed by atoms with Crippen molar-refractivity contribution in [3.63, 3.8) is 0 Å². The van der Waals surface area contributed by atoms with Crippen molar-refractivity contribution in [1.29, 1.82) is 0 Å². The number of rotatable bonds is 4. The van der Waals surface area contributed by atoms with Crippen molar-refractivity contribution in [3.05, 3.63) is 69.8 Å². The van der Waals surface area contributed by atoms with Gasteiger partial charge in [0.15, 0.2) is 5.72 Å². The molecule has 26 heavy (non-hydrogen) atoms. The number of amides is 1. The average molecular weight is 355 g/mol. The molecule has 1 atom stereocenters. The number of carbonyl (C=O) groups is 1. The van der Waals surface area contributed by atoms with Gasteiger partial charge in [0, 0.05) is 35.4 Å². The van der Waals surface area contributed by atoms with Gasteiger partial charge in [0.05, 0.1) is 12.0 Å². The predicted molar refractivity (Wildman–Crippen MR) is 93.9 cm³/mol. The maximum atomic E-state index is 12.9. The van der Waals surface area contributed by atoms with Gasteiger partial charge in [-0.15, -0.1) is 0 Å². The molecule has 0 fully saturated rings. The monoisotopic (exact) mass is 355 g/mol. The van der Waals surface area contributed by atoms with Gasteiger partial charge in [-0.05, 0) is 31.2 Å². The van der Waals surface area contributed by atoms with Crippen molar-refractivity contribution in [2.45, 2.75) is 19.1 Å². The normalized spacial score (nSPS) is 19.2. The molecule has 0 bridgehead atoms. The molecule has 8 heteroatoms. The summed E-state index contributed by atoms with van der Waals surface area (Å²) in [6, 6.07) is 12.0. The van der Waals surface area contributed by atoms with E-state index in [0.717, 1.165) is 5.01 Å². The molecule has 0 spiro atoms. The van der Waals surface area contributed by atoms with Crippen molar-refractivity contribution in [2.75, 3.05) is 7.11 Å². The summed E-state index contributed by atoms with van der Waals surface area (Å²) in [6.07, 6.45) is 0.0655. The van der Waals surface area contributed by atoms with E-state index in [-0.39, 0.29) is 17.7 Å². The van der Waals surface area contributed by atoms with Gasteiger partial charge in [0.1, 0.15) is 5.75 Å². The summed E-state index contributed by atoms with van der Waals surface area (Å²) in [5.41, 5.74) is -0.868. The molecule has 0 aliphatic carbocycles. The Morgan fingerprint density at radius 2 is 2.00 bits per heavy atom. The highest BCUT2D eigenvalue weighted by molar-refractivity contribution is 5.98. The number of nitrogens with zero attached hydrogens (tertiary/aromatic N) is 3. The van der Waals surface area contributed by atoms with Crippen LogP contribution in [0.3, 0.4) is 0 Å². The third kappa shape index (κ3) is 3.02. The number of benzene rings is 2. The molecule has 3 rings (SSSR count). The number of hydrogen-bond acceptors (Lipinski definition) is 6. The molecule has 1 aliphatic heterocycles. The van der Waals surface area contributed by atoms with Gasteiger partial charge in [0.25, 0.3) is 11.6 Å². The van der Waals surface area contributed by atoms with Crippen LogP contribution in [0.1, 0.15) is 29.3 Å². The summed E-state index contributed by atoms with van der Waals surface area (Å²) in [4.78, 5) is 23.4. The highest BCUT2D eigenvalue weighted by atomic mass is 16.6. The SMILES string of the molecule is COc1ccc(C(=O)N2N=C(C)CC2(O)c2cccc([N+](=O)[O-])c2)cc1. The maximum absolute atomic E-state index is 12.9. The lowest BCUT2D eigenvalue weighted by Crippen LogP contribution is -2.43. The molecule has 2 aromatic rings. The zero-order chi connectivity index (χ0) is 18.9. The first-order valence-corrected chi connectivity index (χ1v) is 7.85. The van der Waals surface area contributed by atoms with E-state index in [1.54, 1.807) is 31.2 Å². The van der Waals surface area contributed by atoms with Gasteiger partial charge >= 0.3 is 0 Å². The van der Waals surface area contributed by atoms with Crippen LogP contribution < -0.4 is 4.74 Å². The van der Waals surface area contributed by atoms with Crippen molar-refractivity contribution in [1.82, 2.24) is 5.01 Å². The topological polar surface area (TPSA) is 105 Å². The molecule has 1 aliphatic rings. The van der Waals surface area contributed by atoms with E-state index in [0.29, 0.717) is 17.0 Å². The van der Waals surface area contributed by atoms with Gasteiger partial charge in [0.2, 0.25) is 0 Å². The summed E-state index contributed by atoms with van der Waals surface area (Å²) in [5.74, 6) is 0.0788. The Kier molecular flexibility index (Phi) is 4.43. The largest absolute Gasteiger partial charge is 0.497 e. The summed E-state index contributed by atoms with van der Waals surface area (Å²) in [5, 5.41) is 27.3. The number of nitro groups is 1.